The summed E-state index contributed by atoms with van der Waals surface area (Å²) in [6, 6.07) is 0. The number of thiol groups is 4. The molecule has 0 aliphatic carbocycles. The van der Waals surface area contributed by atoms with Crippen molar-refractivity contribution in [2.75, 3.05) is 51.5 Å². The minimum Gasteiger partial charge on any atom is -0.469 e. The summed E-state index contributed by atoms with van der Waals surface area (Å²) in [5.74, 6) is 1.45. The van der Waals surface area contributed by atoms with Crippen molar-refractivity contribution >= 4 is 118 Å². The largest absolute Gasteiger partial charge is 0.469 e. The van der Waals surface area contributed by atoms with Gasteiger partial charge in [-0.15, -0.1) is 0 Å². The van der Waals surface area contributed by atoms with Gasteiger partial charge in [-0.25, -0.2) is 0 Å². The van der Waals surface area contributed by atoms with Crippen molar-refractivity contribution in [3.63, 3.8) is 0 Å². The van der Waals surface area contributed by atoms with E-state index >= 15 is 0 Å². The molecular weight excluding hydrogens is 798 g/mol. The standard InChI is InChI=1S/4C4H8O2S.2C4H9.O.2Sn/c4*1-6-4(5)2-3-7;2*1-3-4-2;;;/h4*7H,2-3H2,1H3;2*1,3-4H2,2H3;;;. The van der Waals surface area contributed by atoms with Crippen LogP contribution >= 0.6 is 50.5 Å². The van der Waals surface area contributed by atoms with Crippen LogP contribution in [0, 0.1) is 0 Å². The maximum absolute atomic E-state index is 10.1. The van der Waals surface area contributed by atoms with Gasteiger partial charge in [0.05, 0.1) is 54.1 Å². The molecule has 0 unspecified atom stereocenters. The predicted octanol–water partition coefficient (Wildman–Crippen LogP) is 4.60. The second-order valence-corrected chi connectivity index (χ2v) is 17.6. The first-order valence-electron chi connectivity index (χ1n) is 12.5. The fourth-order valence-corrected chi connectivity index (χ4v) is 11.7. The minimum absolute atomic E-state index is 0.199. The van der Waals surface area contributed by atoms with Crippen LogP contribution in [-0.2, 0) is 39.5 Å². The number of unbranched alkanes of at least 4 members (excludes halogenated alkanes) is 2. The fourth-order valence-electron chi connectivity index (χ4n) is 1.42. The predicted molar refractivity (Wildman–Crippen MR) is 174 cm³/mol. The molecule has 0 aliphatic rings. The van der Waals surface area contributed by atoms with Crippen LogP contribution in [0.2, 0.25) is 8.87 Å². The van der Waals surface area contributed by atoms with Crippen molar-refractivity contribution in [1.82, 2.24) is 0 Å². The summed E-state index contributed by atoms with van der Waals surface area (Å²) < 4.78 is 25.9. The van der Waals surface area contributed by atoms with Crippen molar-refractivity contribution in [2.45, 2.75) is 74.1 Å². The number of hydrogen-bond donors (Lipinski definition) is 4. The SMILES string of the molecule is CCC[CH2][Sn][O][Sn][CH2]CCC.COC(=O)CCS.COC(=O)CCS.COC(=O)CCS.COC(=O)CCS. The van der Waals surface area contributed by atoms with Crippen LogP contribution in [0.4, 0.5) is 0 Å². The molecule has 0 bridgehead atoms. The van der Waals surface area contributed by atoms with Gasteiger partial charge in [-0.2, -0.15) is 50.5 Å². The Hall–Kier alpha value is 0.837. The summed E-state index contributed by atoms with van der Waals surface area (Å²) >= 11 is 14.7. The molecule has 0 N–H and O–H groups in total. The molecule has 0 rings (SSSR count). The third kappa shape index (κ3) is 63.4. The van der Waals surface area contributed by atoms with Crippen molar-refractivity contribution in [3.05, 3.63) is 0 Å². The summed E-state index contributed by atoms with van der Waals surface area (Å²) in [5.41, 5.74) is 0. The van der Waals surface area contributed by atoms with Crippen molar-refractivity contribution in [1.29, 1.82) is 0 Å². The molecule has 0 aromatic rings. The van der Waals surface area contributed by atoms with Gasteiger partial charge in [0.2, 0.25) is 0 Å². The van der Waals surface area contributed by atoms with Gasteiger partial charge < -0.3 is 18.9 Å². The molecular formula is C24H50O9S4Sn2. The summed E-state index contributed by atoms with van der Waals surface area (Å²) in [7, 11) is 5.47. The van der Waals surface area contributed by atoms with Crippen LogP contribution < -0.4 is 0 Å². The van der Waals surface area contributed by atoms with Crippen LogP contribution in [0.25, 0.3) is 0 Å². The minimum atomic E-state index is -0.298. The van der Waals surface area contributed by atoms with E-state index in [4.69, 9.17) is 1.41 Å². The van der Waals surface area contributed by atoms with Crippen LogP contribution in [0.5, 0.6) is 0 Å². The molecule has 39 heavy (non-hydrogen) atoms. The normalized spacial score (nSPS) is 8.87. The smallest absolute Gasteiger partial charge is 0.306 e. The monoisotopic (exact) mass is 850 g/mol. The number of esters is 4. The van der Waals surface area contributed by atoms with Gasteiger partial charge in [-0.3, -0.25) is 19.2 Å². The Morgan fingerprint density at radius 2 is 0.744 bits per heavy atom. The molecule has 0 spiro atoms. The zero-order valence-electron chi connectivity index (χ0n) is 24.4. The molecule has 0 aromatic heterocycles. The van der Waals surface area contributed by atoms with E-state index in [1.54, 1.807) is 0 Å². The number of methoxy groups -OCH3 is 4. The van der Waals surface area contributed by atoms with E-state index in [0.29, 0.717) is 48.7 Å². The number of rotatable bonds is 16. The number of carbonyl (C=O) groups excluding carboxylic acids is 4. The molecule has 0 atom stereocenters. The molecule has 9 nitrogen and oxygen atoms in total. The van der Waals surface area contributed by atoms with E-state index in [1.165, 1.54) is 63.0 Å². The van der Waals surface area contributed by atoms with Gasteiger partial charge in [0, 0.05) is 23.0 Å². The topological polar surface area (TPSA) is 114 Å². The van der Waals surface area contributed by atoms with Gasteiger partial charge in [0.1, 0.15) is 0 Å². The average Bonchev–Trinajstić information content (AvgIpc) is 2.94. The van der Waals surface area contributed by atoms with Crippen LogP contribution in [0.1, 0.15) is 65.2 Å². The Morgan fingerprint density at radius 1 is 0.513 bits per heavy atom. The molecule has 0 aliphatic heterocycles. The van der Waals surface area contributed by atoms with E-state index in [2.05, 4.69) is 83.3 Å². The van der Waals surface area contributed by atoms with E-state index in [1.807, 2.05) is 0 Å². The summed E-state index contributed by atoms with van der Waals surface area (Å²) in [4.78, 5) is 40.6. The Bertz CT molecular complexity index is 456. The molecule has 0 heterocycles. The first-order chi connectivity index (χ1) is 18.6. The van der Waals surface area contributed by atoms with E-state index < -0.39 is 0 Å². The Morgan fingerprint density at radius 3 is 0.872 bits per heavy atom. The van der Waals surface area contributed by atoms with Crippen LogP contribution in [-0.4, -0.2) is 118 Å². The number of ether oxygens (including phenoxy) is 4. The fraction of sp³-hybridized carbons (Fsp3) is 0.833. The first-order valence-corrected chi connectivity index (χ1v) is 21.4. The molecule has 15 heteroatoms. The zero-order chi connectivity index (χ0) is 31.2. The molecule has 0 saturated carbocycles. The van der Waals surface area contributed by atoms with Crippen molar-refractivity contribution in [3.8, 4) is 0 Å². The number of hydrogen-bond acceptors (Lipinski definition) is 13. The van der Waals surface area contributed by atoms with E-state index in [0.717, 1.165) is 0 Å². The second-order valence-electron chi connectivity index (χ2n) is 6.80. The number of carbonyl (C=O) groups is 4. The van der Waals surface area contributed by atoms with Crippen LogP contribution in [0.3, 0.4) is 0 Å². The van der Waals surface area contributed by atoms with Gasteiger partial charge in [-0.1, -0.05) is 0 Å². The van der Waals surface area contributed by atoms with E-state index in [9.17, 15) is 19.2 Å². The van der Waals surface area contributed by atoms with Crippen molar-refractivity contribution < 1.29 is 39.5 Å². The van der Waals surface area contributed by atoms with E-state index in [-0.39, 0.29) is 67.0 Å². The van der Waals surface area contributed by atoms with Gasteiger partial charge in [0.25, 0.3) is 0 Å². The molecule has 0 saturated heterocycles. The maximum Gasteiger partial charge on any atom is 0.306 e. The van der Waals surface area contributed by atoms with Crippen molar-refractivity contribution in [2.24, 2.45) is 0 Å². The summed E-state index contributed by atoms with van der Waals surface area (Å²) in [6.45, 7) is 4.52. The molecule has 0 amide bonds. The third-order valence-corrected chi connectivity index (χ3v) is 14.0. The Labute approximate surface area is 280 Å². The molecule has 232 valence electrons. The quantitative estimate of drug-likeness (QED) is 0.0583. The second kappa shape index (κ2) is 48.6. The third-order valence-electron chi connectivity index (χ3n) is 3.58. The summed E-state index contributed by atoms with van der Waals surface area (Å²) in [5, 5.41) is 0. The zero-order valence-corrected chi connectivity index (χ0v) is 33.6. The van der Waals surface area contributed by atoms with Gasteiger partial charge >= 0.3 is 117 Å². The maximum atomic E-state index is 10.1. The Kier molecular flexibility index (Phi) is 61.7. The molecule has 0 fully saturated rings. The molecule has 4 radical (unpaired) electrons. The van der Waals surface area contributed by atoms with Gasteiger partial charge in [0.15, 0.2) is 0 Å². The average molecular weight is 848 g/mol. The molecule has 0 aromatic carbocycles. The Balaban J connectivity index is -0.000000125. The van der Waals surface area contributed by atoms with Crippen LogP contribution in [0.15, 0.2) is 0 Å². The summed E-state index contributed by atoms with van der Waals surface area (Å²) in [6.07, 6.45) is 7.14. The van der Waals surface area contributed by atoms with Gasteiger partial charge in [-0.05, 0) is 0 Å². The first kappa shape index (κ1) is 49.5.